The molecule has 0 saturated heterocycles. The highest BCUT2D eigenvalue weighted by atomic mass is 16.5. The number of imide groups is 2. The molecule has 0 aromatic heterocycles. The van der Waals surface area contributed by atoms with Crippen molar-refractivity contribution in [1.29, 1.82) is 0 Å². The molecule has 0 unspecified atom stereocenters. The molecular weight excluding hydrogens is 1270 g/mol. The Labute approximate surface area is 612 Å². The van der Waals surface area contributed by atoms with Crippen LogP contribution in [0.5, 0.6) is 34.5 Å². The summed E-state index contributed by atoms with van der Waals surface area (Å²) in [6.07, 6.45) is 47.9. The van der Waals surface area contributed by atoms with E-state index in [9.17, 15) is 0 Å². The predicted octanol–water partition coefficient (Wildman–Crippen LogP) is 26.1. The first-order chi connectivity index (χ1) is 50.2. The maximum atomic E-state index is 15.5. The van der Waals surface area contributed by atoms with Crippen LogP contribution in [0.1, 0.15) is 353 Å². The molecule has 556 valence electrons. The van der Waals surface area contributed by atoms with Gasteiger partial charge < -0.3 is 28.4 Å². The minimum atomic E-state index is -0.443. The third-order valence-electron chi connectivity index (χ3n) is 21.2. The largest absolute Gasteiger partial charge is 0.489 e. The number of hydrogen-bond donors (Lipinski definition) is 0. The van der Waals surface area contributed by atoms with Gasteiger partial charge in [-0.2, -0.15) is 0 Å². The highest BCUT2D eigenvalue weighted by molar-refractivity contribution is 6.45. The fraction of sp³-hybridized carbons (Fsp3) is 0.600. The monoisotopic (exact) mass is 1390 g/mol. The van der Waals surface area contributed by atoms with Gasteiger partial charge in [-0.1, -0.05) is 297 Å². The van der Waals surface area contributed by atoms with Crippen molar-refractivity contribution in [2.45, 2.75) is 311 Å². The second kappa shape index (κ2) is 43.3. The van der Waals surface area contributed by atoms with E-state index < -0.39 is 23.6 Å². The predicted molar refractivity (Wildman–Crippen MR) is 424 cm³/mol. The smallest absolute Gasteiger partial charge is 0.265 e. The van der Waals surface area contributed by atoms with Crippen LogP contribution in [0.15, 0.2) is 72.8 Å². The number of unbranched alkanes of at least 4 members (excludes halogenated alkanes) is 36. The number of hydrogen-bond acceptors (Lipinski definition) is 10. The molecule has 2 aliphatic heterocycles. The summed E-state index contributed by atoms with van der Waals surface area (Å²) in [5.74, 6) is 1.17. The molecule has 12 heteroatoms. The number of rotatable bonds is 56. The van der Waals surface area contributed by atoms with Gasteiger partial charge in [0.25, 0.3) is 23.6 Å². The van der Waals surface area contributed by atoms with Gasteiger partial charge >= 0.3 is 0 Å². The van der Waals surface area contributed by atoms with Crippen molar-refractivity contribution in [3.8, 4) is 34.5 Å². The Balaban J connectivity index is 1.04. The molecule has 2 aliphatic rings. The molecule has 4 amide bonds. The minimum Gasteiger partial charge on any atom is -0.489 e. The number of nitrogens with zero attached hydrogens (tertiary/aromatic N) is 2. The lowest BCUT2D eigenvalue weighted by Gasteiger charge is -2.31. The van der Waals surface area contributed by atoms with Gasteiger partial charge in [0.05, 0.1) is 51.0 Å². The molecule has 102 heavy (non-hydrogen) atoms. The van der Waals surface area contributed by atoms with Crippen LogP contribution in [0, 0.1) is 0 Å². The average molecular weight is 1400 g/mol. The second-order valence-electron chi connectivity index (χ2n) is 29.4. The summed E-state index contributed by atoms with van der Waals surface area (Å²) in [5.41, 5.74) is 2.35. The van der Waals surface area contributed by atoms with Gasteiger partial charge in [0.2, 0.25) is 11.5 Å². The van der Waals surface area contributed by atoms with Crippen LogP contribution in [-0.4, -0.2) is 63.3 Å². The van der Waals surface area contributed by atoms with Crippen LogP contribution < -0.4 is 38.2 Å². The minimum absolute atomic E-state index is 0.368. The summed E-state index contributed by atoms with van der Waals surface area (Å²) in [6.45, 7) is 16.3. The normalized spacial score (nSPS) is 13.0. The topological polar surface area (TPSA) is 130 Å². The summed E-state index contributed by atoms with van der Waals surface area (Å²) < 4.78 is 40.3. The number of ether oxygens (including phenoxy) is 6. The first-order valence-electron chi connectivity index (χ1n) is 41.3. The molecule has 0 N–H and O–H groups in total. The van der Waals surface area contributed by atoms with E-state index in [2.05, 4.69) is 41.5 Å². The zero-order valence-electron chi connectivity index (χ0n) is 63.8. The van der Waals surface area contributed by atoms with Crippen molar-refractivity contribution in [3.63, 3.8) is 0 Å². The van der Waals surface area contributed by atoms with Crippen molar-refractivity contribution in [3.05, 3.63) is 95.1 Å². The summed E-state index contributed by atoms with van der Waals surface area (Å²) in [5, 5.41) is 6.01. The van der Waals surface area contributed by atoms with Gasteiger partial charge in [-0.25, -0.2) is 9.80 Å². The maximum Gasteiger partial charge on any atom is 0.265 e. The van der Waals surface area contributed by atoms with E-state index in [-0.39, 0.29) is 0 Å². The molecule has 0 fully saturated rings. The third kappa shape index (κ3) is 21.1. The Hall–Kier alpha value is -7.08. The summed E-state index contributed by atoms with van der Waals surface area (Å²) in [4.78, 5) is 64.5. The van der Waals surface area contributed by atoms with Gasteiger partial charge in [-0.05, 0) is 95.1 Å². The summed E-state index contributed by atoms with van der Waals surface area (Å²) >= 11 is 0. The molecule has 0 aliphatic carbocycles. The van der Waals surface area contributed by atoms with Crippen LogP contribution in [0.3, 0.4) is 0 Å². The van der Waals surface area contributed by atoms with E-state index in [4.69, 9.17) is 28.4 Å². The Morgan fingerprint density at radius 2 is 0.412 bits per heavy atom. The molecule has 9 rings (SSSR count). The maximum absolute atomic E-state index is 15.5. The van der Waals surface area contributed by atoms with Crippen molar-refractivity contribution in [2.24, 2.45) is 0 Å². The van der Waals surface area contributed by atoms with Crippen LogP contribution in [-0.2, 0) is 0 Å². The van der Waals surface area contributed by atoms with E-state index >= 15 is 19.2 Å². The Morgan fingerprint density at radius 1 is 0.225 bits per heavy atom. The van der Waals surface area contributed by atoms with Crippen LogP contribution in [0.4, 0.5) is 11.4 Å². The highest BCUT2D eigenvalue weighted by Gasteiger charge is 2.40. The standard InChI is InChI=1S/C90H126N2O10/c1-7-13-19-25-31-37-43-57-97-77-63-67(64-78(98-58-44-38-32-26-20-14-8-2)85(77)101-61-47-41-35-29-23-17-11-5)91-87(93)73-53-49-69-71-51-55-75-84-76(56-52-72(82(71)84)70-50-54-74(88(91)94)83(73)81(69)70)90(96)92(89(75)95)68-65-79(99-59-45-39-33-27-21-15-9-3)86(102-62-48-42-36-30-24-18-12-6)80(66-68)100-60-46-40-34-28-22-16-10-4/h49-56,63-66H,7-48,57-62H2,1-6H3. The van der Waals surface area contributed by atoms with E-state index in [0.717, 1.165) is 148 Å². The quantitative estimate of drug-likeness (QED) is 0.0157. The first-order valence-corrected chi connectivity index (χ1v) is 41.3. The molecule has 0 bridgehead atoms. The SMILES string of the molecule is CCCCCCCCCOc1cc(N2C(=O)c3ccc4c5ccc6c7c(ccc(c8ccc(c3c48)C2=O)c75)C(=O)N(c2cc(OCCCCCCCCC)c(OCCCCCCCCC)c(OCCCCCCCCC)c2)C6=O)cc(OCCCCCCCCC)c1OCCCCCCCCC. The second-order valence-corrected chi connectivity index (χ2v) is 29.4. The number of amides is 4. The van der Waals surface area contributed by atoms with Gasteiger partial charge in [0, 0.05) is 57.3 Å². The molecular formula is C90H126N2O10. The number of anilines is 2. The van der Waals surface area contributed by atoms with Crippen LogP contribution in [0.2, 0.25) is 0 Å². The number of carbonyl (C=O) groups excluding carboxylic acids is 4. The fourth-order valence-corrected chi connectivity index (χ4v) is 15.3. The Kier molecular flexibility index (Phi) is 33.5. The lowest BCUT2D eigenvalue weighted by atomic mass is 9.82. The van der Waals surface area contributed by atoms with E-state index in [0.29, 0.717) is 119 Å². The van der Waals surface area contributed by atoms with E-state index in [1.165, 1.54) is 164 Å². The number of fused-ring (bicyclic) bond motifs is 2. The van der Waals surface area contributed by atoms with Gasteiger partial charge in [0.1, 0.15) is 0 Å². The third-order valence-corrected chi connectivity index (χ3v) is 21.2. The number of benzene rings is 7. The molecule has 7 aromatic carbocycles. The molecule has 0 spiro atoms. The first kappa shape index (κ1) is 79.0. The molecule has 0 saturated carbocycles. The zero-order valence-corrected chi connectivity index (χ0v) is 63.8. The van der Waals surface area contributed by atoms with Gasteiger partial charge in [-0.3, -0.25) is 19.2 Å². The van der Waals surface area contributed by atoms with Crippen molar-refractivity contribution in [1.82, 2.24) is 0 Å². The van der Waals surface area contributed by atoms with Crippen molar-refractivity contribution < 1.29 is 47.6 Å². The molecule has 0 atom stereocenters. The average Bonchev–Trinajstić information content (AvgIpc) is 0.690. The van der Waals surface area contributed by atoms with Gasteiger partial charge in [-0.15, -0.1) is 0 Å². The molecule has 12 nitrogen and oxygen atoms in total. The Morgan fingerprint density at radius 3 is 0.618 bits per heavy atom. The zero-order chi connectivity index (χ0) is 71.7. The summed E-state index contributed by atoms with van der Waals surface area (Å²) in [6, 6.07) is 22.5. The molecule has 0 radical (unpaired) electrons. The van der Waals surface area contributed by atoms with Crippen LogP contribution in [0.25, 0.3) is 43.1 Å². The highest BCUT2D eigenvalue weighted by Crippen LogP contribution is 2.50. The van der Waals surface area contributed by atoms with Crippen LogP contribution >= 0.6 is 0 Å². The fourth-order valence-electron chi connectivity index (χ4n) is 15.3. The van der Waals surface area contributed by atoms with Gasteiger partial charge in [0.15, 0.2) is 23.0 Å². The number of carbonyl (C=O) groups is 4. The van der Waals surface area contributed by atoms with Crippen molar-refractivity contribution >= 4 is 78.1 Å². The summed E-state index contributed by atoms with van der Waals surface area (Å²) in [7, 11) is 0. The lowest BCUT2D eigenvalue weighted by Crippen LogP contribution is -2.40. The lowest BCUT2D eigenvalue weighted by molar-refractivity contribution is 0.0877. The van der Waals surface area contributed by atoms with E-state index in [1.54, 1.807) is 0 Å². The van der Waals surface area contributed by atoms with Crippen molar-refractivity contribution in [2.75, 3.05) is 49.4 Å². The Bertz CT molecular complexity index is 3300. The molecule has 2 heterocycles. The van der Waals surface area contributed by atoms with E-state index in [1.807, 2.05) is 72.8 Å². The molecule has 7 aromatic rings.